The smallest absolute Gasteiger partial charge is 0.240 e. The molecule has 1 saturated carbocycles. The summed E-state index contributed by atoms with van der Waals surface area (Å²) in [6.07, 6.45) is 1.82. The maximum atomic E-state index is 13.5. The van der Waals surface area contributed by atoms with Crippen LogP contribution in [0.1, 0.15) is 19.8 Å². The van der Waals surface area contributed by atoms with Gasteiger partial charge in [0.2, 0.25) is 5.91 Å². The lowest BCUT2D eigenvalue weighted by molar-refractivity contribution is -0.120. The first-order chi connectivity index (χ1) is 10.4. The number of hydrogen-bond acceptors (Lipinski definition) is 4. The molecule has 7 heteroatoms. The molecule has 0 radical (unpaired) electrons. The van der Waals surface area contributed by atoms with Gasteiger partial charge in [0.1, 0.15) is 5.54 Å². The lowest BCUT2D eigenvalue weighted by Gasteiger charge is -2.23. The average Bonchev–Trinajstić information content (AvgIpc) is 3.30. The van der Waals surface area contributed by atoms with Gasteiger partial charge in [-0.2, -0.15) is 5.26 Å². The van der Waals surface area contributed by atoms with E-state index in [2.05, 4.69) is 21.4 Å². The van der Waals surface area contributed by atoms with Crippen molar-refractivity contribution in [3.63, 3.8) is 0 Å². The average molecular weight is 309 g/mol. The number of amides is 1. The van der Waals surface area contributed by atoms with E-state index in [1.807, 2.05) is 0 Å². The number of carbonyl (C=O) groups excluding carboxylic acids is 1. The lowest BCUT2D eigenvalue weighted by atomic mass is 9.98. The van der Waals surface area contributed by atoms with Crippen LogP contribution in [0.5, 0.6) is 5.75 Å². The van der Waals surface area contributed by atoms with E-state index in [0.29, 0.717) is 0 Å². The molecule has 0 spiro atoms. The number of carbonyl (C=O) groups is 1. The van der Waals surface area contributed by atoms with E-state index in [9.17, 15) is 13.6 Å². The van der Waals surface area contributed by atoms with Crippen molar-refractivity contribution in [2.24, 2.45) is 5.92 Å². The number of nitrogens with one attached hydrogen (secondary N) is 2. The van der Waals surface area contributed by atoms with Gasteiger partial charge in [0.15, 0.2) is 17.4 Å². The summed E-state index contributed by atoms with van der Waals surface area (Å²) in [5.41, 5.74) is -0.772. The van der Waals surface area contributed by atoms with Crippen LogP contribution in [0.4, 0.5) is 14.5 Å². The summed E-state index contributed by atoms with van der Waals surface area (Å²) < 4.78 is 31.6. The number of rotatable bonds is 6. The number of halogens is 2. The third kappa shape index (κ3) is 3.45. The number of benzene rings is 1. The van der Waals surface area contributed by atoms with Crippen molar-refractivity contribution in [1.82, 2.24) is 5.32 Å². The third-order valence-corrected chi connectivity index (χ3v) is 3.68. The van der Waals surface area contributed by atoms with Crippen molar-refractivity contribution in [2.45, 2.75) is 25.3 Å². The zero-order valence-electron chi connectivity index (χ0n) is 12.4. The molecule has 0 aromatic heterocycles. The second-order valence-corrected chi connectivity index (χ2v) is 5.46. The molecule has 5 nitrogen and oxygen atoms in total. The van der Waals surface area contributed by atoms with E-state index in [1.165, 1.54) is 7.11 Å². The Balaban J connectivity index is 1.95. The maximum absolute atomic E-state index is 13.5. The van der Waals surface area contributed by atoms with Crippen LogP contribution in [0.3, 0.4) is 0 Å². The molecule has 1 aliphatic carbocycles. The Bertz CT molecular complexity index is 603. The van der Waals surface area contributed by atoms with Gasteiger partial charge in [0.25, 0.3) is 0 Å². The van der Waals surface area contributed by atoms with Gasteiger partial charge < -0.3 is 15.4 Å². The third-order valence-electron chi connectivity index (χ3n) is 3.68. The lowest BCUT2D eigenvalue weighted by Crippen LogP contribution is -2.48. The molecular formula is C15H17F2N3O2. The summed E-state index contributed by atoms with van der Waals surface area (Å²) in [6.45, 7) is 1.49. The van der Waals surface area contributed by atoms with Crippen LogP contribution in [0, 0.1) is 28.9 Å². The molecule has 0 aliphatic heterocycles. The SMILES string of the molecule is COc1c(F)cc(NCC(=O)N[C@@](C)(C#N)C2CC2)cc1F. The summed E-state index contributed by atoms with van der Waals surface area (Å²) in [4.78, 5) is 11.9. The molecule has 1 amide bonds. The minimum atomic E-state index is -0.894. The Morgan fingerprint density at radius 3 is 2.50 bits per heavy atom. The van der Waals surface area contributed by atoms with Gasteiger partial charge in [-0.25, -0.2) is 8.78 Å². The Kier molecular flexibility index (Phi) is 4.50. The summed E-state index contributed by atoms with van der Waals surface area (Å²) in [5.74, 6) is -2.43. The summed E-state index contributed by atoms with van der Waals surface area (Å²) in [6, 6.07) is 4.19. The number of methoxy groups -OCH3 is 1. The molecule has 0 bridgehead atoms. The molecule has 118 valence electrons. The molecule has 1 aromatic carbocycles. The van der Waals surface area contributed by atoms with Crippen LogP contribution in [-0.2, 0) is 4.79 Å². The highest BCUT2D eigenvalue weighted by molar-refractivity contribution is 5.82. The van der Waals surface area contributed by atoms with Crippen molar-refractivity contribution in [3.8, 4) is 11.8 Å². The van der Waals surface area contributed by atoms with E-state index >= 15 is 0 Å². The zero-order chi connectivity index (χ0) is 16.3. The highest BCUT2D eigenvalue weighted by Crippen LogP contribution is 2.39. The van der Waals surface area contributed by atoms with Gasteiger partial charge in [0.05, 0.1) is 19.7 Å². The molecule has 0 heterocycles. The van der Waals surface area contributed by atoms with Crippen LogP contribution >= 0.6 is 0 Å². The van der Waals surface area contributed by atoms with Crippen LogP contribution in [-0.4, -0.2) is 25.1 Å². The molecule has 1 aliphatic rings. The van der Waals surface area contributed by atoms with Crippen molar-refractivity contribution in [3.05, 3.63) is 23.8 Å². The molecule has 1 aromatic rings. The molecule has 1 atom stereocenters. The minimum absolute atomic E-state index is 0.121. The van der Waals surface area contributed by atoms with Crippen LogP contribution in [0.15, 0.2) is 12.1 Å². The van der Waals surface area contributed by atoms with Crippen molar-refractivity contribution < 1.29 is 18.3 Å². The quantitative estimate of drug-likeness (QED) is 0.845. The van der Waals surface area contributed by atoms with Crippen LogP contribution in [0.25, 0.3) is 0 Å². The van der Waals surface area contributed by atoms with Gasteiger partial charge >= 0.3 is 0 Å². The molecule has 2 N–H and O–H groups in total. The Morgan fingerprint density at radius 2 is 2.05 bits per heavy atom. The number of nitrogens with zero attached hydrogens (tertiary/aromatic N) is 1. The largest absolute Gasteiger partial charge is 0.491 e. The van der Waals surface area contributed by atoms with Gasteiger partial charge in [-0.1, -0.05) is 0 Å². The summed E-state index contributed by atoms with van der Waals surface area (Å²) >= 11 is 0. The van der Waals surface area contributed by atoms with E-state index in [1.54, 1.807) is 6.92 Å². The van der Waals surface area contributed by atoms with Gasteiger partial charge in [-0.3, -0.25) is 4.79 Å². The topological polar surface area (TPSA) is 74.2 Å². The number of anilines is 1. The Morgan fingerprint density at radius 1 is 1.45 bits per heavy atom. The fraction of sp³-hybridized carbons (Fsp3) is 0.467. The number of hydrogen-bond donors (Lipinski definition) is 2. The predicted octanol–water partition coefficient (Wildman–Crippen LogP) is 2.19. The second kappa shape index (κ2) is 6.18. The van der Waals surface area contributed by atoms with Crippen LogP contribution in [0.2, 0.25) is 0 Å². The fourth-order valence-corrected chi connectivity index (χ4v) is 2.26. The fourth-order valence-electron chi connectivity index (χ4n) is 2.26. The molecule has 1 fully saturated rings. The summed E-state index contributed by atoms with van der Waals surface area (Å²) in [7, 11) is 1.17. The molecule has 0 saturated heterocycles. The number of nitriles is 1. The first-order valence-corrected chi connectivity index (χ1v) is 6.89. The molecule has 2 rings (SSSR count). The normalized spacial score (nSPS) is 16.3. The van der Waals surface area contributed by atoms with Gasteiger partial charge in [-0.15, -0.1) is 0 Å². The number of ether oxygens (including phenoxy) is 1. The van der Waals surface area contributed by atoms with Gasteiger partial charge in [-0.05, 0) is 25.7 Å². The van der Waals surface area contributed by atoms with E-state index in [-0.39, 0.29) is 18.2 Å². The standard InChI is InChI=1S/C15H17F2N3O2/c1-15(8-18,9-3-4-9)20-13(21)7-19-10-5-11(16)14(22-2)12(17)6-10/h5-6,9,19H,3-4,7H2,1-2H3,(H,20,21)/t15-/m0/s1. The first-order valence-electron chi connectivity index (χ1n) is 6.89. The first kappa shape index (κ1) is 16.0. The Hall–Kier alpha value is -2.36. The maximum Gasteiger partial charge on any atom is 0.240 e. The molecular weight excluding hydrogens is 292 g/mol. The Labute approximate surface area is 127 Å². The minimum Gasteiger partial charge on any atom is -0.491 e. The van der Waals surface area contributed by atoms with E-state index in [4.69, 9.17) is 5.26 Å². The highest BCUT2D eigenvalue weighted by Gasteiger charge is 2.42. The van der Waals surface area contributed by atoms with Crippen molar-refractivity contribution in [1.29, 1.82) is 5.26 Å². The molecule has 0 unspecified atom stereocenters. The van der Waals surface area contributed by atoms with Crippen molar-refractivity contribution in [2.75, 3.05) is 19.0 Å². The van der Waals surface area contributed by atoms with Crippen molar-refractivity contribution >= 4 is 11.6 Å². The monoisotopic (exact) mass is 309 g/mol. The summed E-state index contributed by atoms with van der Waals surface area (Å²) in [5, 5.41) is 14.4. The van der Waals surface area contributed by atoms with Gasteiger partial charge in [0, 0.05) is 17.8 Å². The highest BCUT2D eigenvalue weighted by atomic mass is 19.1. The van der Waals surface area contributed by atoms with Crippen LogP contribution < -0.4 is 15.4 Å². The molecule has 22 heavy (non-hydrogen) atoms. The zero-order valence-corrected chi connectivity index (χ0v) is 12.4. The predicted molar refractivity (Wildman–Crippen MR) is 76.3 cm³/mol. The second-order valence-electron chi connectivity index (χ2n) is 5.46. The van der Waals surface area contributed by atoms with E-state index in [0.717, 1.165) is 25.0 Å². The van der Waals surface area contributed by atoms with E-state index < -0.39 is 28.8 Å².